The Morgan fingerprint density at radius 1 is 1.19 bits per heavy atom. The molecule has 5 nitrogen and oxygen atoms in total. The lowest BCUT2D eigenvalue weighted by Crippen LogP contribution is -2.39. The minimum atomic E-state index is -0.126. The van der Waals surface area contributed by atoms with Crippen LogP contribution in [-0.2, 0) is 4.79 Å². The Balaban J connectivity index is 0.00000400. The fourth-order valence-corrected chi connectivity index (χ4v) is 1.42. The summed E-state index contributed by atoms with van der Waals surface area (Å²) in [5, 5.41) is 5.84. The molecule has 0 saturated heterocycles. The lowest BCUT2D eigenvalue weighted by molar-refractivity contribution is -0.123. The average molecular weight is 317 g/mol. The van der Waals surface area contributed by atoms with Gasteiger partial charge in [-0.15, -0.1) is 12.4 Å². The predicted octanol–water partition coefficient (Wildman–Crippen LogP) is 2.00. The molecule has 0 aromatic heterocycles. The Kier molecular flexibility index (Phi) is 10.4. The molecule has 1 rings (SSSR count). The zero-order chi connectivity index (χ0) is 14.8. The maximum atomic E-state index is 11.6. The Labute approximate surface area is 132 Å². The van der Waals surface area contributed by atoms with Crippen LogP contribution in [0.1, 0.15) is 20.3 Å². The van der Waals surface area contributed by atoms with Gasteiger partial charge in [0.25, 0.3) is 5.91 Å². The summed E-state index contributed by atoms with van der Waals surface area (Å²) in [4.78, 5) is 11.6. The second-order valence-corrected chi connectivity index (χ2v) is 4.60. The van der Waals surface area contributed by atoms with Crippen molar-refractivity contribution < 1.29 is 14.3 Å². The third-order valence-electron chi connectivity index (χ3n) is 2.76. The molecule has 1 aromatic rings. The second-order valence-electron chi connectivity index (χ2n) is 4.60. The van der Waals surface area contributed by atoms with Gasteiger partial charge in [-0.25, -0.2) is 0 Å². The minimum Gasteiger partial charge on any atom is -0.494 e. The summed E-state index contributed by atoms with van der Waals surface area (Å²) in [5.74, 6) is 1.34. The molecule has 1 unspecified atom stereocenters. The molecule has 0 heterocycles. The van der Waals surface area contributed by atoms with Crippen molar-refractivity contribution in [3.63, 3.8) is 0 Å². The lowest BCUT2D eigenvalue weighted by atomic mass is 10.3. The Morgan fingerprint density at radius 3 is 2.29 bits per heavy atom. The van der Waals surface area contributed by atoms with Crippen LogP contribution in [0.2, 0.25) is 0 Å². The molecule has 0 radical (unpaired) electrons. The molecule has 21 heavy (non-hydrogen) atoms. The number of amides is 1. The van der Waals surface area contributed by atoms with Crippen LogP contribution < -0.4 is 20.1 Å². The molecule has 0 fully saturated rings. The van der Waals surface area contributed by atoms with E-state index in [9.17, 15) is 4.79 Å². The number of benzene rings is 1. The van der Waals surface area contributed by atoms with Crippen molar-refractivity contribution in [1.29, 1.82) is 0 Å². The molecular weight excluding hydrogens is 292 g/mol. The maximum Gasteiger partial charge on any atom is 0.257 e. The third kappa shape index (κ3) is 8.42. The van der Waals surface area contributed by atoms with Gasteiger partial charge < -0.3 is 20.1 Å². The standard InChI is InChI=1S/C15H24N2O3.ClH/c1-4-9-19-13-5-7-14(8-6-13)20-11-15(18)17-10-12(2)16-3;/h5-8,12,16H,4,9-11H2,1-3H3,(H,17,18);1H. The van der Waals surface area contributed by atoms with E-state index in [-0.39, 0.29) is 31.0 Å². The topological polar surface area (TPSA) is 59.6 Å². The molecule has 0 spiro atoms. The molecule has 1 amide bonds. The smallest absolute Gasteiger partial charge is 0.257 e. The van der Waals surface area contributed by atoms with Crippen LogP contribution in [0.3, 0.4) is 0 Å². The van der Waals surface area contributed by atoms with E-state index >= 15 is 0 Å². The molecule has 0 saturated carbocycles. The van der Waals surface area contributed by atoms with Gasteiger partial charge in [0.15, 0.2) is 6.61 Å². The van der Waals surface area contributed by atoms with Crippen LogP contribution in [0, 0.1) is 0 Å². The van der Waals surface area contributed by atoms with E-state index < -0.39 is 0 Å². The van der Waals surface area contributed by atoms with E-state index in [2.05, 4.69) is 17.6 Å². The molecule has 120 valence electrons. The van der Waals surface area contributed by atoms with E-state index in [0.29, 0.717) is 18.9 Å². The van der Waals surface area contributed by atoms with Crippen molar-refractivity contribution in [3.8, 4) is 11.5 Å². The van der Waals surface area contributed by atoms with Gasteiger partial charge in [-0.05, 0) is 44.7 Å². The highest BCUT2D eigenvalue weighted by molar-refractivity contribution is 5.85. The van der Waals surface area contributed by atoms with Crippen molar-refractivity contribution in [1.82, 2.24) is 10.6 Å². The summed E-state index contributed by atoms with van der Waals surface area (Å²) in [7, 11) is 1.86. The largest absolute Gasteiger partial charge is 0.494 e. The fourth-order valence-electron chi connectivity index (χ4n) is 1.42. The summed E-state index contributed by atoms with van der Waals surface area (Å²) in [6, 6.07) is 7.52. The summed E-state index contributed by atoms with van der Waals surface area (Å²) in [6.07, 6.45) is 0.976. The van der Waals surface area contributed by atoms with E-state index in [1.54, 1.807) is 12.1 Å². The van der Waals surface area contributed by atoms with E-state index in [1.807, 2.05) is 26.1 Å². The molecule has 0 aliphatic carbocycles. The molecule has 2 N–H and O–H groups in total. The quantitative estimate of drug-likeness (QED) is 0.731. The maximum absolute atomic E-state index is 11.6. The van der Waals surface area contributed by atoms with Crippen LogP contribution in [0.4, 0.5) is 0 Å². The van der Waals surface area contributed by atoms with Gasteiger partial charge >= 0.3 is 0 Å². The van der Waals surface area contributed by atoms with Gasteiger partial charge in [0.2, 0.25) is 0 Å². The van der Waals surface area contributed by atoms with Gasteiger partial charge in [-0.3, -0.25) is 4.79 Å². The van der Waals surface area contributed by atoms with Crippen LogP contribution >= 0.6 is 12.4 Å². The fraction of sp³-hybridized carbons (Fsp3) is 0.533. The SMILES string of the molecule is CCCOc1ccc(OCC(=O)NCC(C)NC)cc1.Cl. The molecule has 1 aromatic carbocycles. The Bertz CT molecular complexity index is 398. The first-order chi connectivity index (χ1) is 9.65. The first kappa shape index (κ1) is 19.5. The van der Waals surface area contributed by atoms with Crippen molar-refractivity contribution in [2.75, 3.05) is 26.8 Å². The molecule has 0 aliphatic heterocycles. The zero-order valence-corrected chi connectivity index (χ0v) is 13.7. The molecule has 0 bridgehead atoms. The average Bonchev–Trinajstić information content (AvgIpc) is 2.49. The predicted molar refractivity (Wildman–Crippen MR) is 86.5 cm³/mol. The highest BCUT2D eigenvalue weighted by Gasteiger charge is 2.05. The van der Waals surface area contributed by atoms with Crippen LogP contribution in [0.25, 0.3) is 0 Å². The van der Waals surface area contributed by atoms with Crippen molar-refractivity contribution in [3.05, 3.63) is 24.3 Å². The van der Waals surface area contributed by atoms with Gasteiger partial charge in [0.1, 0.15) is 11.5 Å². The van der Waals surface area contributed by atoms with E-state index in [4.69, 9.17) is 9.47 Å². The number of hydrogen-bond acceptors (Lipinski definition) is 4. The Morgan fingerprint density at radius 2 is 1.76 bits per heavy atom. The number of halogens is 1. The number of rotatable bonds is 9. The van der Waals surface area contributed by atoms with Crippen LogP contribution in [0.5, 0.6) is 11.5 Å². The van der Waals surface area contributed by atoms with Gasteiger partial charge in [0.05, 0.1) is 6.61 Å². The van der Waals surface area contributed by atoms with Crippen molar-refractivity contribution >= 4 is 18.3 Å². The summed E-state index contributed by atoms with van der Waals surface area (Å²) < 4.78 is 10.9. The number of carbonyl (C=O) groups excluding carboxylic acids is 1. The molecule has 6 heteroatoms. The summed E-state index contributed by atoms with van der Waals surface area (Å²) in [6.45, 7) is 5.36. The molecular formula is C15H25ClN2O3. The number of likely N-dealkylation sites (N-methyl/N-ethyl adjacent to an activating group) is 1. The van der Waals surface area contributed by atoms with Crippen molar-refractivity contribution in [2.45, 2.75) is 26.3 Å². The van der Waals surface area contributed by atoms with Gasteiger partial charge in [-0.1, -0.05) is 6.92 Å². The number of carbonyl (C=O) groups is 1. The molecule has 0 aliphatic rings. The summed E-state index contributed by atoms with van der Waals surface area (Å²) >= 11 is 0. The highest BCUT2D eigenvalue weighted by Crippen LogP contribution is 2.17. The monoisotopic (exact) mass is 316 g/mol. The number of ether oxygens (including phenoxy) is 2. The lowest BCUT2D eigenvalue weighted by Gasteiger charge is -2.12. The highest BCUT2D eigenvalue weighted by atomic mass is 35.5. The van der Waals surface area contributed by atoms with Gasteiger partial charge in [0, 0.05) is 12.6 Å². The second kappa shape index (κ2) is 11.2. The number of hydrogen-bond donors (Lipinski definition) is 2. The van der Waals surface area contributed by atoms with E-state index in [0.717, 1.165) is 12.2 Å². The first-order valence-corrected chi connectivity index (χ1v) is 6.95. The zero-order valence-electron chi connectivity index (χ0n) is 12.8. The number of nitrogens with one attached hydrogen (secondary N) is 2. The van der Waals surface area contributed by atoms with Crippen LogP contribution in [0.15, 0.2) is 24.3 Å². The normalized spacial score (nSPS) is 11.2. The minimum absolute atomic E-state index is 0. The van der Waals surface area contributed by atoms with E-state index in [1.165, 1.54) is 0 Å². The van der Waals surface area contributed by atoms with Crippen molar-refractivity contribution in [2.24, 2.45) is 0 Å². The summed E-state index contributed by atoms with van der Waals surface area (Å²) in [5.41, 5.74) is 0. The first-order valence-electron chi connectivity index (χ1n) is 6.95. The Hall–Kier alpha value is -1.46. The molecule has 1 atom stereocenters. The van der Waals surface area contributed by atoms with Gasteiger partial charge in [-0.2, -0.15) is 0 Å². The van der Waals surface area contributed by atoms with Crippen LogP contribution in [-0.4, -0.2) is 38.8 Å². The third-order valence-corrected chi connectivity index (χ3v) is 2.76.